The Morgan fingerprint density at radius 1 is 0.957 bits per heavy atom. The minimum absolute atomic E-state index is 0.127. The van der Waals surface area contributed by atoms with E-state index in [4.69, 9.17) is 0 Å². The molecular formula is C17H17FN2O2S. The first-order valence-corrected chi connectivity index (χ1v) is 7.93. The van der Waals surface area contributed by atoms with Crippen molar-refractivity contribution in [2.45, 2.75) is 24.0 Å². The number of hydrogen-bond donors (Lipinski definition) is 2. The van der Waals surface area contributed by atoms with Gasteiger partial charge in [-0.05, 0) is 55.5 Å². The second-order valence-electron chi connectivity index (χ2n) is 4.96. The van der Waals surface area contributed by atoms with Gasteiger partial charge in [-0.3, -0.25) is 9.59 Å². The minimum atomic E-state index is -0.343. The first-order valence-electron chi connectivity index (χ1n) is 7.05. The van der Waals surface area contributed by atoms with Crippen LogP contribution >= 0.6 is 11.8 Å². The largest absolute Gasteiger partial charge is 0.326 e. The Balaban J connectivity index is 1.92. The van der Waals surface area contributed by atoms with E-state index in [1.165, 1.54) is 43.0 Å². The highest BCUT2D eigenvalue weighted by Crippen LogP contribution is 2.25. The number of carbonyl (C=O) groups is 2. The number of halogens is 1. The zero-order chi connectivity index (χ0) is 16.8. The molecule has 2 aromatic carbocycles. The molecule has 0 heterocycles. The highest BCUT2D eigenvalue weighted by molar-refractivity contribution is 8.00. The third kappa shape index (κ3) is 5.41. The average molecular weight is 332 g/mol. The van der Waals surface area contributed by atoms with Gasteiger partial charge in [0.25, 0.3) is 0 Å². The third-order valence-electron chi connectivity index (χ3n) is 2.97. The first-order chi connectivity index (χ1) is 10.9. The van der Waals surface area contributed by atoms with Crippen LogP contribution in [0.2, 0.25) is 0 Å². The molecule has 0 aliphatic heterocycles. The number of nitrogens with one attached hydrogen (secondary N) is 2. The lowest BCUT2D eigenvalue weighted by molar-refractivity contribution is -0.115. The Kier molecular flexibility index (Phi) is 5.76. The molecule has 0 aliphatic rings. The predicted octanol–water partition coefficient (Wildman–Crippen LogP) is 3.90. The van der Waals surface area contributed by atoms with Crippen LogP contribution in [0.4, 0.5) is 15.8 Å². The molecule has 0 unspecified atom stereocenters. The van der Waals surface area contributed by atoms with Gasteiger partial charge in [0.1, 0.15) is 5.82 Å². The molecule has 1 atom stereocenters. The van der Waals surface area contributed by atoms with E-state index in [1.54, 1.807) is 19.1 Å². The molecule has 0 radical (unpaired) electrons. The Morgan fingerprint density at radius 3 is 2.04 bits per heavy atom. The van der Waals surface area contributed by atoms with E-state index >= 15 is 0 Å². The molecule has 4 nitrogen and oxygen atoms in total. The number of hydrogen-bond acceptors (Lipinski definition) is 3. The Bertz CT molecular complexity index is 687. The monoisotopic (exact) mass is 332 g/mol. The number of benzene rings is 2. The molecular weight excluding hydrogens is 315 g/mol. The molecule has 0 aliphatic carbocycles. The maximum Gasteiger partial charge on any atom is 0.237 e. The molecule has 2 rings (SSSR count). The van der Waals surface area contributed by atoms with Crippen molar-refractivity contribution in [3.05, 3.63) is 54.3 Å². The Hall–Kier alpha value is -2.34. The van der Waals surface area contributed by atoms with Gasteiger partial charge in [0, 0.05) is 23.2 Å². The standard InChI is InChI=1S/C17H17FN2O2S/c1-11(17(22)20-15-5-3-13(18)4-6-15)23-16-9-7-14(8-10-16)19-12(2)21/h3-11H,1-2H3,(H,19,21)(H,20,22)/t11-/m1/s1. The summed E-state index contributed by atoms with van der Waals surface area (Å²) in [5.74, 6) is -0.630. The summed E-state index contributed by atoms with van der Waals surface area (Å²) in [6.45, 7) is 3.25. The van der Waals surface area contributed by atoms with E-state index < -0.39 is 0 Å². The van der Waals surface area contributed by atoms with Crippen LogP contribution in [0.3, 0.4) is 0 Å². The van der Waals surface area contributed by atoms with E-state index in [-0.39, 0.29) is 22.9 Å². The van der Waals surface area contributed by atoms with E-state index in [2.05, 4.69) is 10.6 Å². The number of thioether (sulfide) groups is 1. The maximum atomic E-state index is 12.8. The summed E-state index contributed by atoms with van der Waals surface area (Å²) in [6.07, 6.45) is 0. The van der Waals surface area contributed by atoms with Crippen molar-refractivity contribution >= 4 is 35.0 Å². The molecule has 0 spiro atoms. The van der Waals surface area contributed by atoms with Crippen LogP contribution in [-0.2, 0) is 9.59 Å². The van der Waals surface area contributed by atoms with Gasteiger partial charge in [-0.25, -0.2) is 4.39 Å². The highest BCUT2D eigenvalue weighted by atomic mass is 32.2. The van der Waals surface area contributed by atoms with Crippen LogP contribution in [0.25, 0.3) is 0 Å². The average Bonchev–Trinajstić information content (AvgIpc) is 2.51. The van der Waals surface area contributed by atoms with Crippen molar-refractivity contribution < 1.29 is 14.0 Å². The zero-order valence-electron chi connectivity index (χ0n) is 12.8. The summed E-state index contributed by atoms with van der Waals surface area (Å²) in [5.41, 5.74) is 1.27. The van der Waals surface area contributed by atoms with Gasteiger partial charge in [-0.15, -0.1) is 11.8 Å². The molecule has 0 saturated carbocycles. The van der Waals surface area contributed by atoms with Crippen molar-refractivity contribution in [1.82, 2.24) is 0 Å². The maximum absolute atomic E-state index is 12.8. The van der Waals surface area contributed by atoms with Gasteiger partial charge in [-0.2, -0.15) is 0 Å². The lowest BCUT2D eigenvalue weighted by Gasteiger charge is -2.12. The summed E-state index contributed by atoms with van der Waals surface area (Å²) >= 11 is 1.40. The van der Waals surface area contributed by atoms with Gasteiger partial charge < -0.3 is 10.6 Å². The normalized spacial score (nSPS) is 11.6. The summed E-state index contributed by atoms with van der Waals surface area (Å²) in [6, 6.07) is 12.9. The van der Waals surface area contributed by atoms with Gasteiger partial charge >= 0.3 is 0 Å². The van der Waals surface area contributed by atoms with E-state index in [0.717, 1.165) is 4.90 Å². The molecule has 0 saturated heterocycles. The van der Waals surface area contributed by atoms with Crippen LogP contribution in [0.5, 0.6) is 0 Å². The van der Waals surface area contributed by atoms with Crippen molar-refractivity contribution in [2.75, 3.05) is 10.6 Å². The number of anilines is 2. The van der Waals surface area contributed by atoms with Gasteiger partial charge in [-0.1, -0.05) is 0 Å². The van der Waals surface area contributed by atoms with Crippen molar-refractivity contribution in [3.8, 4) is 0 Å². The fourth-order valence-electron chi connectivity index (χ4n) is 1.85. The van der Waals surface area contributed by atoms with Crippen LogP contribution in [0.15, 0.2) is 53.4 Å². The van der Waals surface area contributed by atoms with Crippen LogP contribution in [0.1, 0.15) is 13.8 Å². The number of rotatable bonds is 5. The van der Waals surface area contributed by atoms with Crippen molar-refractivity contribution in [2.24, 2.45) is 0 Å². The quantitative estimate of drug-likeness (QED) is 0.816. The highest BCUT2D eigenvalue weighted by Gasteiger charge is 2.14. The van der Waals surface area contributed by atoms with Gasteiger partial charge in [0.2, 0.25) is 11.8 Å². The number of amides is 2. The third-order valence-corrected chi connectivity index (χ3v) is 4.08. The van der Waals surface area contributed by atoms with Crippen molar-refractivity contribution in [1.29, 1.82) is 0 Å². The second kappa shape index (κ2) is 7.78. The summed E-state index contributed by atoms with van der Waals surface area (Å²) < 4.78 is 12.8. The fourth-order valence-corrected chi connectivity index (χ4v) is 2.72. The summed E-state index contributed by atoms with van der Waals surface area (Å²) in [4.78, 5) is 24.0. The van der Waals surface area contributed by atoms with Gasteiger partial charge in [0.05, 0.1) is 5.25 Å². The first kappa shape index (κ1) is 17.0. The van der Waals surface area contributed by atoms with Gasteiger partial charge in [0.15, 0.2) is 0 Å². The lowest BCUT2D eigenvalue weighted by Crippen LogP contribution is -2.22. The molecule has 2 N–H and O–H groups in total. The molecule has 0 aromatic heterocycles. The molecule has 23 heavy (non-hydrogen) atoms. The fraction of sp³-hybridized carbons (Fsp3) is 0.176. The SMILES string of the molecule is CC(=O)Nc1ccc(S[C@H](C)C(=O)Nc2ccc(F)cc2)cc1. The lowest BCUT2D eigenvalue weighted by atomic mass is 10.3. The second-order valence-corrected chi connectivity index (χ2v) is 6.38. The van der Waals surface area contributed by atoms with Crippen molar-refractivity contribution in [3.63, 3.8) is 0 Å². The predicted molar refractivity (Wildman–Crippen MR) is 91.1 cm³/mol. The molecule has 0 fully saturated rings. The smallest absolute Gasteiger partial charge is 0.237 e. The Labute approximate surface area is 138 Å². The summed E-state index contributed by atoms with van der Waals surface area (Å²) in [5, 5.41) is 5.12. The van der Waals surface area contributed by atoms with Crippen LogP contribution in [-0.4, -0.2) is 17.1 Å². The Morgan fingerprint density at radius 2 is 1.48 bits per heavy atom. The molecule has 120 valence electrons. The van der Waals surface area contributed by atoms with Crippen LogP contribution < -0.4 is 10.6 Å². The summed E-state index contributed by atoms with van der Waals surface area (Å²) in [7, 11) is 0. The molecule has 6 heteroatoms. The molecule has 2 aromatic rings. The van der Waals surface area contributed by atoms with E-state index in [1.807, 2.05) is 12.1 Å². The topological polar surface area (TPSA) is 58.2 Å². The molecule has 0 bridgehead atoms. The van der Waals surface area contributed by atoms with E-state index in [0.29, 0.717) is 11.4 Å². The zero-order valence-corrected chi connectivity index (χ0v) is 13.6. The molecule has 2 amide bonds. The van der Waals surface area contributed by atoms with Crippen LogP contribution in [0, 0.1) is 5.82 Å². The number of carbonyl (C=O) groups excluding carboxylic acids is 2. The minimum Gasteiger partial charge on any atom is -0.326 e. The van der Waals surface area contributed by atoms with E-state index in [9.17, 15) is 14.0 Å².